The predicted molar refractivity (Wildman–Crippen MR) is 210 cm³/mol. The van der Waals surface area contributed by atoms with Crippen LogP contribution >= 0.6 is 0 Å². The van der Waals surface area contributed by atoms with Gasteiger partial charge in [-0.3, -0.25) is 14.4 Å². The second kappa shape index (κ2) is 18.5. The van der Waals surface area contributed by atoms with Crippen molar-refractivity contribution in [2.24, 2.45) is 10.8 Å². The molecule has 2 aliphatic heterocycles. The molecule has 10 nitrogen and oxygen atoms in total. The lowest BCUT2D eigenvalue weighted by Gasteiger charge is -2.40. The summed E-state index contributed by atoms with van der Waals surface area (Å²) >= 11 is 0. The summed E-state index contributed by atoms with van der Waals surface area (Å²) in [6.07, 6.45) is 10.7. The van der Waals surface area contributed by atoms with Crippen molar-refractivity contribution in [2.75, 3.05) is 50.3 Å². The van der Waals surface area contributed by atoms with Crippen molar-refractivity contribution in [3.63, 3.8) is 0 Å². The van der Waals surface area contributed by atoms with E-state index in [2.05, 4.69) is 24.8 Å². The Hall–Kier alpha value is -3.76. The maximum absolute atomic E-state index is 13.6. The molecule has 53 heavy (non-hydrogen) atoms. The molecular weight excluding hydrogens is 670 g/mol. The lowest BCUT2D eigenvalue weighted by molar-refractivity contribution is -0.127. The minimum absolute atomic E-state index is 0.0555. The summed E-state index contributed by atoms with van der Waals surface area (Å²) in [7, 11) is 3.36. The normalized spacial score (nSPS) is 17.9. The third-order valence-electron chi connectivity index (χ3n) is 10.9. The van der Waals surface area contributed by atoms with Crippen molar-refractivity contribution in [1.82, 2.24) is 4.90 Å². The van der Waals surface area contributed by atoms with Crippen molar-refractivity contribution < 1.29 is 33.8 Å². The lowest BCUT2D eigenvalue weighted by atomic mass is 9.79. The molecule has 0 aromatic heterocycles. The van der Waals surface area contributed by atoms with Gasteiger partial charge in [-0.1, -0.05) is 59.1 Å². The lowest BCUT2D eigenvalue weighted by Crippen LogP contribution is -2.47. The average Bonchev–Trinajstić information content (AvgIpc) is 3.11. The molecule has 5 rings (SSSR count). The van der Waals surface area contributed by atoms with E-state index in [-0.39, 0.29) is 29.3 Å². The first-order valence-electron chi connectivity index (χ1n) is 19.6. The van der Waals surface area contributed by atoms with Gasteiger partial charge in [-0.2, -0.15) is 0 Å². The Morgan fingerprint density at radius 3 is 1.64 bits per heavy atom. The Morgan fingerprint density at radius 1 is 0.755 bits per heavy atom. The second-order valence-electron chi connectivity index (χ2n) is 16.5. The number of carbonyl (C=O) groups excluding carboxylic acids is 3. The molecule has 1 aliphatic carbocycles. The first-order valence-corrected chi connectivity index (χ1v) is 19.6. The first-order chi connectivity index (χ1) is 25.1. The number of nitrogens with zero attached hydrogens (tertiary/aromatic N) is 3. The molecular formula is C43H63N3O7. The number of carboxylic acid groups (broad SMARTS) is 1. The van der Waals surface area contributed by atoms with Crippen LogP contribution in [0.4, 0.5) is 11.4 Å². The van der Waals surface area contributed by atoms with Gasteiger partial charge in [0.15, 0.2) is 0 Å². The summed E-state index contributed by atoms with van der Waals surface area (Å²) in [5.74, 6) is -0.671. The highest BCUT2D eigenvalue weighted by Crippen LogP contribution is 2.40. The van der Waals surface area contributed by atoms with Crippen LogP contribution in [0.25, 0.3) is 0 Å². The molecule has 3 amide bonds. The van der Waals surface area contributed by atoms with E-state index in [1.165, 1.54) is 19.3 Å². The van der Waals surface area contributed by atoms with Gasteiger partial charge in [-0.05, 0) is 101 Å². The fourth-order valence-electron chi connectivity index (χ4n) is 8.06. The smallest absolute Gasteiger partial charge is 0.335 e. The van der Waals surface area contributed by atoms with E-state index < -0.39 is 16.8 Å². The van der Waals surface area contributed by atoms with Gasteiger partial charge in [0.05, 0.1) is 5.56 Å². The van der Waals surface area contributed by atoms with Gasteiger partial charge in [-0.15, -0.1) is 0 Å². The summed E-state index contributed by atoms with van der Waals surface area (Å²) in [6.45, 7) is 14.7. The van der Waals surface area contributed by atoms with Crippen molar-refractivity contribution >= 4 is 35.1 Å². The van der Waals surface area contributed by atoms with E-state index in [9.17, 15) is 19.2 Å². The topological polar surface area (TPSA) is 117 Å². The van der Waals surface area contributed by atoms with Crippen LogP contribution in [0, 0.1) is 10.8 Å². The van der Waals surface area contributed by atoms with Gasteiger partial charge in [0.25, 0.3) is 5.91 Å². The third kappa shape index (κ3) is 10.3. The van der Waals surface area contributed by atoms with E-state index >= 15 is 0 Å². The van der Waals surface area contributed by atoms with E-state index in [4.69, 9.17) is 14.6 Å². The van der Waals surface area contributed by atoms with Crippen molar-refractivity contribution in [3.05, 3.63) is 58.7 Å². The molecule has 0 spiro atoms. The predicted octanol–water partition coefficient (Wildman–Crippen LogP) is 7.94. The van der Waals surface area contributed by atoms with Crippen LogP contribution in [-0.2, 0) is 31.9 Å². The summed E-state index contributed by atoms with van der Waals surface area (Å²) in [6, 6.07) is 11.5. The van der Waals surface area contributed by atoms with E-state index in [0.717, 1.165) is 61.0 Å². The third-order valence-corrected chi connectivity index (χ3v) is 10.9. The Kier molecular flexibility index (Phi) is 14.7. The number of fused-ring (bicyclic) bond motifs is 2. The first kappa shape index (κ1) is 42.0. The highest BCUT2D eigenvalue weighted by atomic mass is 16.5. The molecule has 1 N–H and O–H groups in total. The Balaban J connectivity index is 0.000000251. The molecule has 0 unspecified atom stereocenters. The molecule has 2 aromatic rings. The monoisotopic (exact) mass is 733 g/mol. The van der Waals surface area contributed by atoms with Gasteiger partial charge in [-0.25, -0.2) is 4.79 Å². The number of rotatable bonds is 14. The van der Waals surface area contributed by atoms with E-state index in [0.29, 0.717) is 50.8 Å². The molecule has 1 saturated carbocycles. The zero-order valence-electron chi connectivity index (χ0n) is 33.5. The van der Waals surface area contributed by atoms with Crippen molar-refractivity contribution in [2.45, 2.75) is 124 Å². The van der Waals surface area contributed by atoms with Gasteiger partial charge in [0.2, 0.25) is 11.8 Å². The van der Waals surface area contributed by atoms with E-state index in [1.807, 2.05) is 50.8 Å². The summed E-state index contributed by atoms with van der Waals surface area (Å²) < 4.78 is 10.2. The number of methoxy groups -OCH3 is 2. The minimum atomic E-state index is -0.973. The fraction of sp³-hybridized carbons (Fsp3) is 0.628. The van der Waals surface area contributed by atoms with Crippen LogP contribution in [0.15, 0.2) is 36.4 Å². The number of hydrogen-bond donors (Lipinski definition) is 1. The largest absolute Gasteiger partial charge is 0.478 e. The zero-order chi connectivity index (χ0) is 38.9. The number of amides is 3. The molecule has 0 radical (unpaired) electrons. The minimum Gasteiger partial charge on any atom is -0.478 e. The number of aromatic carboxylic acids is 1. The maximum Gasteiger partial charge on any atom is 0.335 e. The second-order valence-corrected chi connectivity index (χ2v) is 16.5. The summed E-state index contributed by atoms with van der Waals surface area (Å²) in [5, 5.41) is 9.17. The van der Waals surface area contributed by atoms with Gasteiger partial charge in [0.1, 0.15) is 0 Å². The quantitative estimate of drug-likeness (QED) is 0.196. The Bertz CT molecular complexity index is 1590. The Labute approximate surface area is 317 Å². The maximum atomic E-state index is 13.6. The van der Waals surface area contributed by atoms with Crippen LogP contribution in [0.1, 0.15) is 131 Å². The van der Waals surface area contributed by atoms with Crippen LogP contribution < -0.4 is 9.80 Å². The fourth-order valence-corrected chi connectivity index (χ4v) is 8.06. The van der Waals surface area contributed by atoms with Gasteiger partial charge < -0.3 is 29.3 Å². The van der Waals surface area contributed by atoms with Crippen LogP contribution in [0.3, 0.4) is 0 Å². The summed E-state index contributed by atoms with van der Waals surface area (Å²) in [5.41, 5.74) is 3.87. The van der Waals surface area contributed by atoms with Crippen molar-refractivity contribution in [3.8, 4) is 0 Å². The molecule has 2 aromatic carbocycles. The number of unbranched alkanes of at least 4 members (excludes halogenated alkanes) is 2. The average molecular weight is 734 g/mol. The zero-order valence-corrected chi connectivity index (χ0v) is 33.5. The highest BCUT2D eigenvalue weighted by molar-refractivity contribution is 6.03. The number of hydrogen-bond acceptors (Lipinski definition) is 6. The molecule has 292 valence electrons. The van der Waals surface area contributed by atoms with Crippen molar-refractivity contribution in [1.29, 1.82) is 0 Å². The number of carboxylic acids is 1. The molecule has 1 fully saturated rings. The van der Waals surface area contributed by atoms with Crippen LogP contribution in [-0.4, -0.2) is 86.3 Å². The molecule has 3 aliphatic rings. The SMILES string of the molecule is COCCCCN1C(=O)C(C)(C)Cc2ccc(C(=O)N(C(C)C)C3CCCCC3)cc21.COCCCCN1C(=O)C(C)(C)Cc2ccc(C(=O)O)cc21. The van der Waals surface area contributed by atoms with Crippen LogP contribution in [0.5, 0.6) is 0 Å². The Morgan fingerprint density at radius 2 is 1.21 bits per heavy atom. The molecule has 0 saturated heterocycles. The number of carbonyl (C=O) groups is 4. The van der Waals surface area contributed by atoms with Crippen LogP contribution in [0.2, 0.25) is 0 Å². The number of anilines is 2. The molecule has 0 bridgehead atoms. The number of ether oxygens (including phenoxy) is 2. The summed E-state index contributed by atoms with van der Waals surface area (Å²) in [4.78, 5) is 56.4. The van der Waals surface area contributed by atoms with Gasteiger partial charge in [0, 0.05) is 80.4 Å². The standard InChI is InChI=1S/C26H40N2O3.C17H23NO4/c1-19(2)28(22-11-7-6-8-12-22)24(29)20-13-14-21-18-26(3,4)25(30)27(23(21)17-20)15-9-10-16-31-5;1-17(2)11-13-7-6-12(15(19)20)10-14(13)18(16(17)21)8-4-5-9-22-3/h13-14,17,19,22H,6-12,15-16,18H2,1-5H3;6-7,10H,4-5,8-9,11H2,1-3H3,(H,19,20). The molecule has 2 heterocycles. The van der Waals surface area contributed by atoms with E-state index in [1.54, 1.807) is 31.3 Å². The highest BCUT2D eigenvalue weighted by Gasteiger charge is 2.40. The van der Waals surface area contributed by atoms with Gasteiger partial charge >= 0.3 is 5.97 Å². The molecule has 10 heteroatoms. The molecule has 0 atom stereocenters. The number of benzene rings is 2.